The van der Waals surface area contributed by atoms with Crippen LogP contribution >= 0.6 is 28.3 Å². The minimum absolute atomic E-state index is 0. The van der Waals surface area contributed by atoms with Gasteiger partial charge in [0.15, 0.2) is 11.5 Å². The number of nitrogens with two attached hydrogens (primary N) is 1. The number of aromatic hydroxyl groups is 1. The van der Waals surface area contributed by atoms with Crippen molar-refractivity contribution in [3.05, 3.63) is 22.2 Å². The van der Waals surface area contributed by atoms with Crippen molar-refractivity contribution in [1.82, 2.24) is 0 Å². The van der Waals surface area contributed by atoms with Crippen LogP contribution < -0.4 is 10.5 Å². The summed E-state index contributed by atoms with van der Waals surface area (Å²) in [6.45, 7) is 3.74. The number of halogens is 2. The van der Waals surface area contributed by atoms with Crippen LogP contribution in [0.15, 0.2) is 16.6 Å². The Hall–Kier alpha value is -0.490. The van der Waals surface area contributed by atoms with E-state index in [9.17, 15) is 10.2 Å². The quantitative estimate of drug-likeness (QED) is 0.787. The Kier molecular flexibility index (Phi) is 6.43. The van der Waals surface area contributed by atoms with E-state index in [-0.39, 0.29) is 30.8 Å². The monoisotopic (exact) mass is 339 g/mol. The van der Waals surface area contributed by atoms with Crippen molar-refractivity contribution >= 4 is 28.3 Å². The lowest BCUT2D eigenvalue weighted by atomic mass is 9.82. The maximum absolute atomic E-state index is 9.70. The number of ether oxygens (including phenoxy) is 1. The van der Waals surface area contributed by atoms with Crippen molar-refractivity contribution in [2.45, 2.75) is 19.9 Å². The fraction of sp³-hybridized carbons (Fsp3) is 0.500. The molecule has 1 atom stereocenters. The molecule has 0 aromatic heterocycles. The molecule has 0 radical (unpaired) electrons. The van der Waals surface area contributed by atoms with Gasteiger partial charge < -0.3 is 20.7 Å². The number of aliphatic hydroxyl groups is 1. The van der Waals surface area contributed by atoms with Gasteiger partial charge in [-0.05, 0) is 33.6 Å². The second-order valence-corrected chi connectivity index (χ2v) is 5.53. The maximum atomic E-state index is 9.70. The third kappa shape index (κ3) is 3.51. The molecular weight excluding hydrogens is 321 g/mol. The number of hydrogen-bond donors (Lipinski definition) is 3. The van der Waals surface area contributed by atoms with E-state index < -0.39 is 5.41 Å². The Labute approximate surface area is 122 Å². The number of phenolic OH excluding ortho intramolecular Hbond substituents is 1. The van der Waals surface area contributed by atoms with Crippen LogP contribution in [-0.2, 0) is 0 Å². The first-order valence-electron chi connectivity index (χ1n) is 5.26. The lowest BCUT2D eigenvalue weighted by Crippen LogP contribution is -2.32. The van der Waals surface area contributed by atoms with Gasteiger partial charge in [0.25, 0.3) is 0 Å². The van der Waals surface area contributed by atoms with Crippen LogP contribution in [0.1, 0.15) is 25.5 Å². The Morgan fingerprint density at radius 1 is 1.44 bits per heavy atom. The summed E-state index contributed by atoms with van der Waals surface area (Å²) in [5.74, 6) is 0.406. The van der Waals surface area contributed by atoms with Gasteiger partial charge in [-0.3, -0.25) is 0 Å². The highest BCUT2D eigenvalue weighted by molar-refractivity contribution is 9.10. The average molecular weight is 341 g/mol. The van der Waals surface area contributed by atoms with Crippen molar-refractivity contribution in [3.63, 3.8) is 0 Å². The van der Waals surface area contributed by atoms with Crippen molar-refractivity contribution in [2.24, 2.45) is 11.1 Å². The van der Waals surface area contributed by atoms with Gasteiger partial charge in [-0.15, -0.1) is 12.4 Å². The van der Waals surface area contributed by atoms with E-state index in [0.717, 1.165) is 5.56 Å². The van der Waals surface area contributed by atoms with E-state index in [1.54, 1.807) is 12.1 Å². The van der Waals surface area contributed by atoms with E-state index >= 15 is 0 Å². The van der Waals surface area contributed by atoms with Crippen LogP contribution in [-0.4, -0.2) is 23.9 Å². The molecule has 18 heavy (non-hydrogen) atoms. The summed E-state index contributed by atoms with van der Waals surface area (Å²) in [4.78, 5) is 0. The molecule has 0 aliphatic rings. The lowest BCUT2D eigenvalue weighted by molar-refractivity contribution is 0.132. The van der Waals surface area contributed by atoms with Crippen molar-refractivity contribution in [2.75, 3.05) is 13.7 Å². The molecule has 0 bridgehead atoms. The summed E-state index contributed by atoms with van der Waals surface area (Å²) in [6, 6.07) is 3.07. The zero-order valence-corrected chi connectivity index (χ0v) is 13.0. The smallest absolute Gasteiger partial charge is 0.172 e. The summed E-state index contributed by atoms with van der Waals surface area (Å²) in [7, 11) is 1.48. The summed E-state index contributed by atoms with van der Waals surface area (Å²) in [5, 5.41) is 19.0. The van der Waals surface area contributed by atoms with Crippen LogP contribution in [0.25, 0.3) is 0 Å². The fourth-order valence-corrected chi connectivity index (χ4v) is 1.94. The van der Waals surface area contributed by atoms with Gasteiger partial charge >= 0.3 is 0 Å². The third-order valence-corrected chi connectivity index (χ3v) is 3.48. The molecule has 0 aliphatic heterocycles. The largest absolute Gasteiger partial charge is 0.503 e. The van der Waals surface area contributed by atoms with Crippen molar-refractivity contribution in [3.8, 4) is 11.5 Å². The van der Waals surface area contributed by atoms with Crippen molar-refractivity contribution < 1.29 is 14.9 Å². The highest BCUT2D eigenvalue weighted by Crippen LogP contribution is 2.40. The molecule has 0 spiro atoms. The molecule has 6 heteroatoms. The van der Waals surface area contributed by atoms with Crippen LogP contribution in [0, 0.1) is 5.41 Å². The Bertz CT molecular complexity index is 413. The number of benzene rings is 1. The second-order valence-electron chi connectivity index (χ2n) is 4.68. The number of aliphatic hydroxyl groups excluding tert-OH is 1. The average Bonchev–Trinajstić information content (AvgIpc) is 2.31. The molecule has 4 nitrogen and oxygen atoms in total. The van der Waals surface area contributed by atoms with Gasteiger partial charge in [-0.1, -0.05) is 13.8 Å². The summed E-state index contributed by atoms with van der Waals surface area (Å²) in [6.07, 6.45) is 0. The molecule has 0 aliphatic carbocycles. The number of phenols is 1. The number of hydrogen-bond acceptors (Lipinski definition) is 4. The molecule has 4 N–H and O–H groups in total. The Morgan fingerprint density at radius 3 is 2.44 bits per heavy atom. The van der Waals surface area contributed by atoms with E-state index in [2.05, 4.69) is 15.9 Å². The van der Waals surface area contributed by atoms with Gasteiger partial charge in [0.2, 0.25) is 0 Å². The molecule has 104 valence electrons. The molecule has 0 unspecified atom stereocenters. The lowest BCUT2D eigenvalue weighted by Gasteiger charge is -2.30. The van der Waals surface area contributed by atoms with E-state index in [4.69, 9.17) is 10.5 Å². The molecule has 1 aromatic rings. The zero-order chi connectivity index (χ0) is 13.2. The van der Waals surface area contributed by atoms with Crippen LogP contribution in [0.3, 0.4) is 0 Å². The topological polar surface area (TPSA) is 75.7 Å². The standard InChI is InChI=1S/C12H18BrNO3.ClH/c1-12(2,6-15)11(14)7-4-8(13)10(16)9(5-7)17-3;/h4-5,11,15-16H,6,14H2,1-3H3;1H/t11-;/m1./s1. The second kappa shape index (κ2) is 6.61. The minimum Gasteiger partial charge on any atom is -0.503 e. The molecular formula is C12H19BrClNO3. The molecule has 0 fully saturated rings. The first-order valence-corrected chi connectivity index (χ1v) is 6.05. The van der Waals surface area contributed by atoms with Gasteiger partial charge in [0.1, 0.15) is 0 Å². The van der Waals surface area contributed by atoms with Gasteiger partial charge in [-0.25, -0.2) is 0 Å². The van der Waals surface area contributed by atoms with E-state index in [1.807, 2.05) is 13.8 Å². The molecule has 0 heterocycles. The highest BCUT2D eigenvalue weighted by atomic mass is 79.9. The number of rotatable bonds is 4. The minimum atomic E-state index is -0.443. The molecule has 1 aromatic carbocycles. The number of methoxy groups -OCH3 is 1. The molecule has 0 saturated carbocycles. The van der Waals surface area contributed by atoms with Gasteiger partial charge in [-0.2, -0.15) is 0 Å². The Balaban J connectivity index is 0.00000289. The molecule has 0 amide bonds. The van der Waals surface area contributed by atoms with Gasteiger partial charge in [0, 0.05) is 18.1 Å². The van der Waals surface area contributed by atoms with Gasteiger partial charge in [0.05, 0.1) is 11.6 Å². The SMILES string of the molecule is COc1cc([C@@H](N)C(C)(C)CO)cc(Br)c1O.Cl. The molecule has 0 saturated heterocycles. The maximum Gasteiger partial charge on any atom is 0.172 e. The van der Waals surface area contributed by atoms with Crippen LogP contribution in [0.2, 0.25) is 0 Å². The van der Waals surface area contributed by atoms with Crippen LogP contribution in [0.5, 0.6) is 11.5 Å². The first kappa shape index (κ1) is 17.5. The zero-order valence-electron chi connectivity index (χ0n) is 10.6. The Morgan fingerprint density at radius 2 is 2.00 bits per heavy atom. The van der Waals surface area contributed by atoms with Crippen LogP contribution in [0.4, 0.5) is 0 Å². The van der Waals surface area contributed by atoms with E-state index in [0.29, 0.717) is 10.2 Å². The third-order valence-electron chi connectivity index (χ3n) is 2.88. The summed E-state index contributed by atoms with van der Waals surface area (Å²) < 4.78 is 5.59. The summed E-state index contributed by atoms with van der Waals surface area (Å²) in [5.41, 5.74) is 6.46. The predicted octanol–water partition coefficient (Wildman–Crippen LogP) is 2.60. The normalized spacial score (nSPS) is 12.8. The van der Waals surface area contributed by atoms with Crippen molar-refractivity contribution in [1.29, 1.82) is 0 Å². The van der Waals surface area contributed by atoms with E-state index in [1.165, 1.54) is 7.11 Å². The highest BCUT2D eigenvalue weighted by Gasteiger charge is 2.28. The first-order chi connectivity index (χ1) is 7.83. The molecule has 1 rings (SSSR count). The predicted molar refractivity (Wildman–Crippen MR) is 77.4 cm³/mol. The fourth-order valence-electron chi connectivity index (χ4n) is 1.48. The summed E-state index contributed by atoms with van der Waals surface area (Å²) >= 11 is 3.25.